The number of nitrogens with zero attached hydrogens (tertiary/aromatic N) is 1. The Bertz CT molecular complexity index is 383. The van der Waals surface area contributed by atoms with Crippen LogP contribution in [0.5, 0.6) is 0 Å². The van der Waals surface area contributed by atoms with Crippen LogP contribution < -0.4 is 4.90 Å². The van der Waals surface area contributed by atoms with E-state index in [-0.39, 0.29) is 0 Å². The van der Waals surface area contributed by atoms with E-state index in [0.717, 1.165) is 17.7 Å². The molecule has 0 aromatic heterocycles. The van der Waals surface area contributed by atoms with Crippen molar-refractivity contribution in [2.75, 3.05) is 11.6 Å². The molecule has 0 radical (unpaired) electrons. The number of carbonyl (C=O) groups excluding carboxylic acids is 1. The van der Waals surface area contributed by atoms with Crippen molar-refractivity contribution in [2.24, 2.45) is 0 Å². The summed E-state index contributed by atoms with van der Waals surface area (Å²) in [6, 6.07) is 7.07. The quantitative estimate of drug-likeness (QED) is 0.533. The lowest BCUT2D eigenvalue weighted by atomic mass is 9.97. The third-order valence-electron chi connectivity index (χ3n) is 2.73. The fourth-order valence-electron chi connectivity index (χ4n) is 1.99. The third-order valence-corrected chi connectivity index (χ3v) is 2.91. The van der Waals surface area contributed by atoms with E-state index in [1.165, 1.54) is 4.90 Å². The van der Waals surface area contributed by atoms with Crippen LogP contribution in [0.3, 0.4) is 0 Å². The van der Waals surface area contributed by atoms with Crippen LogP contribution in [-0.4, -0.2) is 18.1 Å². The molecule has 2 nitrogen and oxygen atoms in total. The maximum Gasteiger partial charge on any atom is 0.321 e. The number of benzene rings is 1. The first kappa shape index (κ1) is 10.4. The predicted octanol–water partition coefficient (Wildman–Crippen LogP) is 3.14. The van der Waals surface area contributed by atoms with E-state index in [1.54, 1.807) is 6.07 Å². The third kappa shape index (κ3) is 1.84. The van der Waals surface area contributed by atoms with Crippen LogP contribution in [0.15, 0.2) is 24.3 Å². The Hall–Kier alpha value is -1.09. The fraction of sp³-hybridized carbons (Fsp3) is 0.364. The van der Waals surface area contributed by atoms with Gasteiger partial charge in [-0.15, -0.1) is 0 Å². The molecule has 1 amide bonds. The van der Waals surface area contributed by atoms with E-state index in [1.807, 2.05) is 18.2 Å². The molecule has 1 aromatic carbocycles. The average Bonchev–Trinajstić information content (AvgIpc) is 2.27. The molecule has 0 spiro atoms. The van der Waals surface area contributed by atoms with Crippen LogP contribution in [0.1, 0.15) is 12.0 Å². The number of alkyl halides is 1. The van der Waals surface area contributed by atoms with Gasteiger partial charge in [0.05, 0.1) is 6.04 Å². The average molecular weight is 228 g/mol. The molecule has 1 aromatic rings. The summed E-state index contributed by atoms with van der Waals surface area (Å²) in [4.78, 5) is 12.6. The van der Waals surface area contributed by atoms with Crippen molar-refractivity contribution < 1.29 is 9.18 Å². The van der Waals surface area contributed by atoms with Crippen molar-refractivity contribution in [3.05, 3.63) is 29.8 Å². The van der Waals surface area contributed by atoms with Gasteiger partial charge >= 0.3 is 5.37 Å². The van der Waals surface area contributed by atoms with E-state index in [9.17, 15) is 9.18 Å². The number of rotatable bonds is 1. The molecule has 15 heavy (non-hydrogen) atoms. The molecule has 80 valence electrons. The summed E-state index contributed by atoms with van der Waals surface area (Å²) in [6.07, 6.45) is 1.43. The summed E-state index contributed by atoms with van der Waals surface area (Å²) in [5.74, 6) is 0. The van der Waals surface area contributed by atoms with Gasteiger partial charge in [-0.25, -0.2) is 4.39 Å². The van der Waals surface area contributed by atoms with Gasteiger partial charge in [0.15, 0.2) is 0 Å². The number of hydrogen-bond donors (Lipinski definition) is 0. The van der Waals surface area contributed by atoms with Crippen LogP contribution in [-0.2, 0) is 6.42 Å². The molecule has 0 fully saturated rings. The molecule has 4 heteroatoms. The van der Waals surface area contributed by atoms with E-state index >= 15 is 0 Å². The van der Waals surface area contributed by atoms with Gasteiger partial charge in [-0.1, -0.05) is 18.2 Å². The van der Waals surface area contributed by atoms with Crippen LogP contribution >= 0.6 is 11.6 Å². The number of hydrogen-bond acceptors (Lipinski definition) is 1. The molecular weight excluding hydrogens is 217 g/mol. The van der Waals surface area contributed by atoms with Gasteiger partial charge in [-0.3, -0.25) is 9.69 Å². The maximum absolute atomic E-state index is 12.7. The van der Waals surface area contributed by atoms with Crippen molar-refractivity contribution in [3.8, 4) is 0 Å². The minimum absolute atomic E-state index is 0.412. The summed E-state index contributed by atoms with van der Waals surface area (Å²) in [5, 5.41) is -0.607. The van der Waals surface area contributed by atoms with E-state index in [2.05, 4.69) is 0 Å². The molecule has 0 N–H and O–H groups in total. The molecule has 2 rings (SSSR count). The molecule has 0 bridgehead atoms. The van der Waals surface area contributed by atoms with E-state index < -0.39 is 18.1 Å². The van der Waals surface area contributed by atoms with Crippen molar-refractivity contribution in [1.29, 1.82) is 0 Å². The first-order chi connectivity index (χ1) is 7.24. The molecule has 1 aliphatic heterocycles. The number of carbonyl (C=O) groups is 1. The summed E-state index contributed by atoms with van der Waals surface area (Å²) in [5.41, 5.74) is 1.79. The van der Waals surface area contributed by atoms with Gasteiger partial charge in [-0.05, 0) is 36.1 Å². The molecular formula is C11H11ClFNO. The zero-order valence-corrected chi connectivity index (χ0v) is 8.88. The highest BCUT2D eigenvalue weighted by atomic mass is 35.5. The Morgan fingerprint density at radius 1 is 1.53 bits per heavy atom. The van der Waals surface area contributed by atoms with Crippen LogP contribution in [0.4, 0.5) is 14.9 Å². The van der Waals surface area contributed by atoms with E-state index in [0.29, 0.717) is 6.42 Å². The van der Waals surface area contributed by atoms with Gasteiger partial charge in [0, 0.05) is 5.69 Å². The summed E-state index contributed by atoms with van der Waals surface area (Å²) < 4.78 is 12.7. The number of halogens is 2. The van der Waals surface area contributed by atoms with Crippen molar-refractivity contribution >= 4 is 22.7 Å². The monoisotopic (exact) mass is 227 g/mol. The Morgan fingerprint density at radius 2 is 2.27 bits per heavy atom. The predicted molar refractivity (Wildman–Crippen MR) is 58.3 cm³/mol. The van der Waals surface area contributed by atoms with Crippen LogP contribution in [0.2, 0.25) is 0 Å². The second-order valence-corrected chi connectivity index (χ2v) is 3.92. The molecule has 0 saturated heterocycles. The first-order valence-corrected chi connectivity index (χ1v) is 5.24. The number of fused-ring (bicyclic) bond motifs is 1. The molecule has 1 aliphatic rings. The molecule has 1 unspecified atom stereocenters. The Kier molecular flexibility index (Phi) is 2.91. The van der Waals surface area contributed by atoms with Gasteiger partial charge < -0.3 is 0 Å². The van der Waals surface area contributed by atoms with Crippen LogP contribution in [0, 0.1) is 0 Å². The topological polar surface area (TPSA) is 20.3 Å². The number of anilines is 1. The fourth-order valence-corrected chi connectivity index (χ4v) is 2.22. The summed E-state index contributed by atoms with van der Waals surface area (Å²) >= 11 is 5.48. The molecule has 1 atom stereocenters. The number of para-hydroxylation sites is 1. The standard InChI is InChI=1S/C11H11ClFNO/c12-11(15)14-9(7-13)6-5-8-3-1-2-4-10(8)14/h1-4,9H,5-7H2. The number of amides is 1. The van der Waals surface area contributed by atoms with E-state index in [4.69, 9.17) is 11.6 Å². The Balaban J connectivity index is 2.43. The normalized spacial score (nSPS) is 19.9. The Morgan fingerprint density at radius 3 is 2.93 bits per heavy atom. The molecule has 0 aliphatic carbocycles. The van der Waals surface area contributed by atoms with Gasteiger partial charge in [0.2, 0.25) is 0 Å². The van der Waals surface area contributed by atoms with Crippen LogP contribution in [0.25, 0.3) is 0 Å². The molecule has 0 saturated carbocycles. The van der Waals surface area contributed by atoms with Gasteiger partial charge in [0.25, 0.3) is 0 Å². The van der Waals surface area contributed by atoms with Crippen molar-refractivity contribution in [2.45, 2.75) is 18.9 Å². The Labute approximate surface area is 92.6 Å². The highest BCUT2D eigenvalue weighted by Gasteiger charge is 2.29. The largest absolute Gasteiger partial charge is 0.321 e. The van der Waals surface area contributed by atoms with Gasteiger partial charge in [-0.2, -0.15) is 0 Å². The molecule has 1 heterocycles. The second-order valence-electron chi connectivity index (χ2n) is 3.60. The first-order valence-electron chi connectivity index (χ1n) is 4.86. The highest BCUT2D eigenvalue weighted by Crippen LogP contribution is 2.31. The zero-order valence-electron chi connectivity index (χ0n) is 8.12. The smallest absolute Gasteiger partial charge is 0.293 e. The number of aryl methyl sites for hydroxylation is 1. The highest BCUT2D eigenvalue weighted by molar-refractivity contribution is 6.66. The SMILES string of the molecule is O=C(Cl)N1c2ccccc2CCC1CF. The van der Waals surface area contributed by atoms with Crippen molar-refractivity contribution in [1.82, 2.24) is 0 Å². The van der Waals surface area contributed by atoms with Gasteiger partial charge in [0.1, 0.15) is 6.67 Å². The van der Waals surface area contributed by atoms with Crippen molar-refractivity contribution in [3.63, 3.8) is 0 Å². The zero-order chi connectivity index (χ0) is 10.8. The lowest BCUT2D eigenvalue weighted by Crippen LogP contribution is -2.42. The maximum atomic E-state index is 12.7. The lowest BCUT2D eigenvalue weighted by molar-refractivity contribution is 0.258. The minimum Gasteiger partial charge on any atom is -0.293 e. The minimum atomic E-state index is -0.607. The summed E-state index contributed by atoms with van der Waals surface area (Å²) in [6.45, 7) is -0.549. The summed E-state index contributed by atoms with van der Waals surface area (Å²) in [7, 11) is 0. The lowest BCUT2D eigenvalue weighted by Gasteiger charge is -2.34. The second kappa shape index (κ2) is 4.19.